The van der Waals surface area contributed by atoms with Gasteiger partial charge in [-0.1, -0.05) is 39.7 Å². The maximum Gasteiger partial charge on any atom is 0.260 e. The molecule has 1 fully saturated rings. The van der Waals surface area contributed by atoms with E-state index in [1.807, 2.05) is 53.4 Å². The average Bonchev–Trinajstić information content (AvgIpc) is 2.88. The van der Waals surface area contributed by atoms with E-state index in [2.05, 4.69) is 20.8 Å². The minimum atomic E-state index is 0.0181. The lowest BCUT2D eigenvalue weighted by molar-refractivity contribution is -0.113. The maximum atomic E-state index is 13.2. The number of nitrogens with zero attached hydrogens (tertiary/aromatic N) is 2. The average molecular weight is 434 g/mol. The quantitative estimate of drug-likeness (QED) is 0.677. The molecule has 2 heterocycles. The van der Waals surface area contributed by atoms with Gasteiger partial charge in [0.1, 0.15) is 0 Å². The Bertz CT molecular complexity index is 878. The number of amides is 1. The van der Waals surface area contributed by atoms with Crippen molar-refractivity contribution in [2.24, 2.45) is 0 Å². The number of halogens is 2. The lowest BCUT2D eigenvalue weighted by Crippen LogP contribution is -2.45. The molecule has 0 unspecified atom stereocenters. The third-order valence-corrected chi connectivity index (χ3v) is 5.35. The second-order valence-corrected chi connectivity index (χ2v) is 7.73. The van der Waals surface area contributed by atoms with Gasteiger partial charge in [0.25, 0.3) is 5.91 Å². The highest BCUT2D eigenvalue weighted by Gasteiger charge is 2.33. The van der Waals surface area contributed by atoms with Gasteiger partial charge in [-0.15, -0.1) is 0 Å². The highest BCUT2D eigenvalue weighted by atomic mass is 79.9. The molecule has 6 heteroatoms. The van der Waals surface area contributed by atoms with Crippen molar-refractivity contribution >= 4 is 50.8 Å². The fourth-order valence-electron chi connectivity index (χ4n) is 3.31. The van der Waals surface area contributed by atoms with Crippen LogP contribution in [0.25, 0.3) is 11.6 Å². The first-order chi connectivity index (χ1) is 12.6. The summed E-state index contributed by atoms with van der Waals surface area (Å²) in [7, 11) is 0. The molecule has 2 aliphatic rings. The van der Waals surface area contributed by atoms with Crippen LogP contribution in [0.4, 0.5) is 5.69 Å². The molecular formula is C20H18BrClN2O2. The van der Waals surface area contributed by atoms with Crippen LogP contribution in [0.5, 0.6) is 0 Å². The molecule has 2 aromatic rings. The van der Waals surface area contributed by atoms with Crippen LogP contribution in [-0.2, 0) is 9.53 Å². The molecule has 2 aliphatic heterocycles. The third kappa shape index (κ3) is 3.58. The summed E-state index contributed by atoms with van der Waals surface area (Å²) in [6.45, 7) is 3.66. The molecule has 26 heavy (non-hydrogen) atoms. The number of carbonyl (C=O) groups excluding carboxylic acids is 1. The van der Waals surface area contributed by atoms with Crippen molar-refractivity contribution in [2.75, 3.05) is 37.9 Å². The van der Waals surface area contributed by atoms with Crippen LogP contribution in [0.2, 0.25) is 5.02 Å². The van der Waals surface area contributed by atoms with Crippen molar-refractivity contribution in [3.05, 3.63) is 63.1 Å². The van der Waals surface area contributed by atoms with Gasteiger partial charge in [-0.3, -0.25) is 14.6 Å². The lowest BCUT2D eigenvalue weighted by Gasteiger charge is -2.30. The van der Waals surface area contributed by atoms with Crippen LogP contribution in [-0.4, -0.2) is 43.8 Å². The number of anilines is 1. The number of morpholine rings is 1. The molecule has 2 aromatic carbocycles. The van der Waals surface area contributed by atoms with Gasteiger partial charge in [0.2, 0.25) is 0 Å². The Morgan fingerprint density at radius 3 is 2.73 bits per heavy atom. The molecular weight excluding hydrogens is 416 g/mol. The van der Waals surface area contributed by atoms with E-state index in [9.17, 15) is 4.79 Å². The smallest absolute Gasteiger partial charge is 0.260 e. The van der Waals surface area contributed by atoms with Crippen LogP contribution < -0.4 is 4.90 Å². The predicted octanol–water partition coefficient (Wildman–Crippen LogP) is 4.28. The van der Waals surface area contributed by atoms with Crippen molar-refractivity contribution in [3.8, 4) is 0 Å². The Labute approximate surface area is 166 Å². The largest absolute Gasteiger partial charge is 0.379 e. The van der Waals surface area contributed by atoms with Crippen molar-refractivity contribution in [1.29, 1.82) is 0 Å². The Hall–Kier alpha value is -1.66. The zero-order valence-electron chi connectivity index (χ0n) is 14.1. The van der Waals surface area contributed by atoms with E-state index in [0.29, 0.717) is 30.5 Å². The van der Waals surface area contributed by atoms with Crippen molar-refractivity contribution in [3.63, 3.8) is 0 Å². The Balaban J connectivity index is 1.71. The zero-order valence-corrected chi connectivity index (χ0v) is 16.5. The van der Waals surface area contributed by atoms with Gasteiger partial charge in [-0.05, 0) is 42.0 Å². The second-order valence-electron chi connectivity index (χ2n) is 6.38. The molecule has 0 saturated carbocycles. The first-order valence-corrected chi connectivity index (χ1v) is 9.68. The monoisotopic (exact) mass is 432 g/mol. The van der Waals surface area contributed by atoms with E-state index in [0.717, 1.165) is 34.4 Å². The Morgan fingerprint density at radius 1 is 1.15 bits per heavy atom. The molecule has 0 atom stereocenters. The van der Waals surface area contributed by atoms with Crippen molar-refractivity contribution in [2.45, 2.75) is 0 Å². The number of benzene rings is 2. The van der Waals surface area contributed by atoms with Crippen LogP contribution in [0, 0.1) is 0 Å². The van der Waals surface area contributed by atoms with Crippen LogP contribution >= 0.6 is 27.5 Å². The van der Waals surface area contributed by atoms with E-state index in [1.54, 1.807) is 0 Å². The van der Waals surface area contributed by atoms with Crippen molar-refractivity contribution < 1.29 is 9.53 Å². The number of ether oxygens (including phenoxy) is 1. The first kappa shape index (κ1) is 17.7. The summed E-state index contributed by atoms with van der Waals surface area (Å²) < 4.78 is 6.37. The minimum absolute atomic E-state index is 0.0181. The molecule has 4 rings (SSSR count). The fourth-order valence-corrected chi connectivity index (χ4v) is 3.87. The summed E-state index contributed by atoms with van der Waals surface area (Å²) in [5.41, 5.74) is 3.49. The molecule has 1 amide bonds. The van der Waals surface area contributed by atoms with Gasteiger partial charge in [0.05, 0.1) is 25.6 Å². The molecule has 0 aliphatic carbocycles. The zero-order chi connectivity index (χ0) is 18.1. The van der Waals surface area contributed by atoms with Gasteiger partial charge in [-0.25, -0.2) is 0 Å². The maximum absolute atomic E-state index is 13.2. The highest BCUT2D eigenvalue weighted by molar-refractivity contribution is 9.10. The third-order valence-electron chi connectivity index (χ3n) is 4.62. The first-order valence-electron chi connectivity index (χ1n) is 8.51. The summed E-state index contributed by atoms with van der Waals surface area (Å²) in [5.74, 6) is 0.0181. The Kier molecular flexibility index (Phi) is 5.14. The van der Waals surface area contributed by atoms with Crippen molar-refractivity contribution in [1.82, 2.24) is 4.90 Å². The molecule has 0 radical (unpaired) electrons. The SMILES string of the molecule is O=C1C(=Cc2cccc(Cl)c2)c2cc(Br)ccc2N1CN1CCOCC1. The van der Waals surface area contributed by atoms with E-state index in [1.165, 1.54) is 0 Å². The fraction of sp³-hybridized carbons (Fsp3) is 0.250. The number of hydrogen-bond donors (Lipinski definition) is 0. The molecule has 0 aromatic heterocycles. The number of hydrogen-bond acceptors (Lipinski definition) is 3. The summed E-state index contributed by atoms with van der Waals surface area (Å²) in [6.07, 6.45) is 1.92. The van der Waals surface area contributed by atoms with E-state index < -0.39 is 0 Å². The summed E-state index contributed by atoms with van der Waals surface area (Å²) >= 11 is 9.62. The van der Waals surface area contributed by atoms with Crippen LogP contribution in [0.3, 0.4) is 0 Å². The van der Waals surface area contributed by atoms with Crippen LogP contribution in [0.1, 0.15) is 11.1 Å². The minimum Gasteiger partial charge on any atom is -0.379 e. The lowest BCUT2D eigenvalue weighted by atomic mass is 10.0. The number of rotatable bonds is 3. The molecule has 0 bridgehead atoms. The molecule has 1 saturated heterocycles. The molecule has 0 spiro atoms. The molecule has 134 valence electrons. The Morgan fingerprint density at radius 2 is 1.96 bits per heavy atom. The summed E-state index contributed by atoms with van der Waals surface area (Å²) in [6, 6.07) is 13.5. The normalized spacial score (nSPS) is 19.2. The highest BCUT2D eigenvalue weighted by Crippen LogP contribution is 2.39. The van der Waals surface area contributed by atoms with Gasteiger partial charge in [-0.2, -0.15) is 0 Å². The van der Waals surface area contributed by atoms with Gasteiger partial charge in [0.15, 0.2) is 0 Å². The second kappa shape index (κ2) is 7.53. The van der Waals surface area contributed by atoms with E-state index in [4.69, 9.17) is 16.3 Å². The predicted molar refractivity (Wildman–Crippen MR) is 108 cm³/mol. The molecule has 4 nitrogen and oxygen atoms in total. The van der Waals surface area contributed by atoms with Gasteiger partial charge >= 0.3 is 0 Å². The van der Waals surface area contributed by atoms with E-state index in [-0.39, 0.29) is 5.91 Å². The van der Waals surface area contributed by atoms with Gasteiger partial charge < -0.3 is 4.74 Å². The topological polar surface area (TPSA) is 32.8 Å². The summed E-state index contributed by atoms with van der Waals surface area (Å²) in [5, 5.41) is 0.657. The van der Waals surface area contributed by atoms with Crippen LogP contribution in [0.15, 0.2) is 46.9 Å². The number of fused-ring (bicyclic) bond motifs is 1. The van der Waals surface area contributed by atoms with Gasteiger partial charge in [0, 0.05) is 33.7 Å². The summed E-state index contributed by atoms with van der Waals surface area (Å²) in [4.78, 5) is 17.3. The van der Waals surface area contributed by atoms with E-state index >= 15 is 0 Å². The number of carbonyl (C=O) groups is 1. The molecule has 0 N–H and O–H groups in total. The standard InChI is InChI=1S/C20H18BrClN2O2/c21-15-4-5-19-17(12-15)18(11-14-2-1-3-16(22)10-14)20(25)24(19)13-23-6-8-26-9-7-23/h1-5,10-12H,6-9,13H2.